The van der Waals surface area contributed by atoms with Crippen LogP contribution in [-0.2, 0) is 6.04 Å². The molecule has 0 saturated carbocycles. The standard InChI is InChI=1S/C14H24N2Si/c1-2-17(12-10-16,11-6-9-15)13-14-7-4-3-5-8-14/h2-5,7-8H,1,6,9-13,15-16H2. The van der Waals surface area contributed by atoms with E-state index in [9.17, 15) is 0 Å². The molecule has 1 rings (SSSR count). The third-order valence-corrected chi connectivity index (χ3v) is 7.97. The molecule has 0 aliphatic heterocycles. The molecule has 0 saturated heterocycles. The molecular weight excluding hydrogens is 224 g/mol. The first-order valence-electron chi connectivity index (χ1n) is 6.34. The van der Waals surface area contributed by atoms with Crippen molar-refractivity contribution in [3.8, 4) is 0 Å². The smallest absolute Gasteiger partial charge is 0.0826 e. The molecular formula is C14H24N2Si. The summed E-state index contributed by atoms with van der Waals surface area (Å²) in [5.74, 6) is 0. The Morgan fingerprint density at radius 1 is 1.06 bits per heavy atom. The first-order chi connectivity index (χ1) is 8.26. The molecule has 1 aromatic carbocycles. The lowest BCUT2D eigenvalue weighted by molar-refractivity contribution is 0.895. The van der Waals surface area contributed by atoms with E-state index in [0.717, 1.165) is 31.6 Å². The second-order valence-corrected chi connectivity index (χ2v) is 9.15. The molecule has 0 fully saturated rings. The van der Waals surface area contributed by atoms with Crippen LogP contribution in [-0.4, -0.2) is 21.2 Å². The second kappa shape index (κ2) is 7.43. The van der Waals surface area contributed by atoms with Crippen LogP contribution in [0.15, 0.2) is 42.6 Å². The second-order valence-electron chi connectivity index (χ2n) is 4.66. The third-order valence-electron chi connectivity index (χ3n) is 3.35. The molecule has 1 atom stereocenters. The number of benzene rings is 1. The van der Waals surface area contributed by atoms with E-state index in [2.05, 4.69) is 42.6 Å². The summed E-state index contributed by atoms with van der Waals surface area (Å²) in [7, 11) is -1.47. The Bertz CT molecular complexity index is 326. The van der Waals surface area contributed by atoms with E-state index in [1.54, 1.807) is 0 Å². The van der Waals surface area contributed by atoms with E-state index < -0.39 is 8.07 Å². The monoisotopic (exact) mass is 248 g/mol. The molecule has 0 spiro atoms. The zero-order valence-electron chi connectivity index (χ0n) is 10.6. The lowest BCUT2D eigenvalue weighted by Crippen LogP contribution is -2.38. The van der Waals surface area contributed by atoms with Crippen LogP contribution in [0, 0.1) is 0 Å². The maximum absolute atomic E-state index is 5.77. The van der Waals surface area contributed by atoms with Crippen molar-refractivity contribution in [3.63, 3.8) is 0 Å². The van der Waals surface area contributed by atoms with Crippen molar-refractivity contribution in [2.45, 2.75) is 24.6 Å². The largest absolute Gasteiger partial charge is 0.331 e. The maximum atomic E-state index is 5.77. The summed E-state index contributed by atoms with van der Waals surface area (Å²) in [6.07, 6.45) is 1.09. The van der Waals surface area contributed by atoms with Crippen LogP contribution in [0.4, 0.5) is 0 Å². The molecule has 3 heteroatoms. The van der Waals surface area contributed by atoms with Gasteiger partial charge in [-0.3, -0.25) is 0 Å². The zero-order chi connectivity index (χ0) is 12.6. The number of hydrogen-bond donors (Lipinski definition) is 2. The molecule has 0 bridgehead atoms. The molecule has 1 aromatic rings. The van der Waals surface area contributed by atoms with Crippen LogP contribution in [0.2, 0.25) is 12.1 Å². The van der Waals surface area contributed by atoms with E-state index in [1.165, 1.54) is 11.6 Å². The molecule has 2 nitrogen and oxygen atoms in total. The van der Waals surface area contributed by atoms with Gasteiger partial charge in [-0.1, -0.05) is 41.9 Å². The van der Waals surface area contributed by atoms with Crippen molar-refractivity contribution in [3.05, 3.63) is 48.2 Å². The minimum atomic E-state index is -1.47. The Kier molecular flexibility index (Phi) is 6.19. The average Bonchev–Trinajstić information content (AvgIpc) is 2.37. The number of hydrogen-bond acceptors (Lipinski definition) is 2. The highest BCUT2D eigenvalue weighted by Crippen LogP contribution is 2.23. The fraction of sp³-hybridized carbons (Fsp3) is 0.429. The molecule has 0 aliphatic rings. The average molecular weight is 248 g/mol. The van der Waals surface area contributed by atoms with Gasteiger partial charge in [-0.25, -0.2) is 0 Å². The van der Waals surface area contributed by atoms with Crippen LogP contribution < -0.4 is 11.5 Å². The third kappa shape index (κ3) is 4.46. The summed E-state index contributed by atoms with van der Waals surface area (Å²) < 4.78 is 0. The van der Waals surface area contributed by atoms with Gasteiger partial charge in [0.25, 0.3) is 0 Å². The van der Waals surface area contributed by atoms with E-state index >= 15 is 0 Å². The van der Waals surface area contributed by atoms with E-state index in [1.807, 2.05) is 0 Å². The summed E-state index contributed by atoms with van der Waals surface area (Å²) in [6, 6.07) is 14.1. The van der Waals surface area contributed by atoms with Crippen LogP contribution >= 0.6 is 0 Å². The quantitative estimate of drug-likeness (QED) is 0.693. The Morgan fingerprint density at radius 2 is 1.76 bits per heavy atom. The minimum absolute atomic E-state index is 0.760. The summed E-state index contributed by atoms with van der Waals surface area (Å²) >= 11 is 0. The van der Waals surface area contributed by atoms with Gasteiger partial charge in [-0.2, -0.15) is 0 Å². The van der Waals surface area contributed by atoms with Gasteiger partial charge in [0.2, 0.25) is 0 Å². The summed E-state index contributed by atoms with van der Waals surface area (Å²) in [6.45, 7) is 5.59. The molecule has 1 unspecified atom stereocenters. The lowest BCUT2D eigenvalue weighted by atomic mass is 10.2. The molecule has 4 N–H and O–H groups in total. The molecule has 17 heavy (non-hydrogen) atoms. The van der Waals surface area contributed by atoms with Crippen molar-refractivity contribution in [1.82, 2.24) is 0 Å². The highest BCUT2D eigenvalue weighted by molar-refractivity contribution is 6.84. The highest BCUT2D eigenvalue weighted by Gasteiger charge is 2.28. The van der Waals surface area contributed by atoms with Crippen LogP contribution in [0.1, 0.15) is 12.0 Å². The molecule has 0 aliphatic carbocycles. The van der Waals surface area contributed by atoms with Crippen LogP contribution in [0.3, 0.4) is 0 Å². The zero-order valence-corrected chi connectivity index (χ0v) is 11.6. The Morgan fingerprint density at radius 3 is 2.29 bits per heavy atom. The minimum Gasteiger partial charge on any atom is -0.331 e. The highest BCUT2D eigenvalue weighted by atomic mass is 28.3. The maximum Gasteiger partial charge on any atom is 0.0826 e. The number of nitrogens with two attached hydrogens (primary N) is 2. The first kappa shape index (κ1) is 14.2. The van der Waals surface area contributed by atoms with Gasteiger partial charge >= 0.3 is 0 Å². The predicted molar refractivity (Wildman–Crippen MR) is 78.4 cm³/mol. The topological polar surface area (TPSA) is 52.0 Å². The fourth-order valence-corrected chi connectivity index (χ4v) is 6.01. The van der Waals surface area contributed by atoms with Crippen LogP contribution in [0.25, 0.3) is 0 Å². The van der Waals surface area contributed by atoms with Crippen LogP contribution in [0.5, 0.6) is 0 Å². The Balaban J connectivity index is 2.77. The normalized spacial score (nSPS) is 14.2. The van der Waals surface area contributed by atoms with Crippen molar-refractivity contribution < 1.29 is 0 Å². The summed E-state index contributed by atoms with van der Waals surface area (Å²) in [5.41, 5.74) is 15.0. The van der Waals surface area contributed by atoms with Gasteiger partial charge < -0.3 is 11.5 Å². The van der Waals surface area contributed by atoms with Gasteiger partial charge in [0, 0.05) is 0 Å². The summed E-state index contributed by atoms with van der Waals surface area (Å²) in [4.78, 5) is 0. The van der Waals surface area contributed by atoms with E-state index in [-0.39, 0.29) is 0 Å². The number of rotatable bonds is 8. The fourth-order valence-electron chi connectivity index (χ4n) is 2.32. The van der Waals surface area contributed by atoms with Crippen molar-refractivity contribution in [1.29, 1.82) is 0 Å². The van der Waals surface area contributed by atoms with Gasteiger partial charge in [-0.15, -0.1) is 12.3 Å². The van der Waals surface area contributed by atoms with Gasteiger partial charge in [0.1, 0.15) is 0 Å². The van der Waals surface area contributed by atoms with E-state index in [0.29, 0.717) is 0 Å². The molecule has 0 aromatic heterocycles. The lowest BCUT2D eigenvalue weighted by Gasteiger charge is -2.28. The first-order valence-corrected chi connectivity index (χ1v) is 9.04. The van der Waals surface area contributed by atoms with Crippen molar-refractivity contribution >= 4 is 8.07 Å². The molecule has 0 heterocycles. The molecule has 0 radical (unpaired) electrons. The van der Waals surface area contributed by atoms with Crippen molar-refractivity contribution in [2.24, 2.45) is 11.5 Å². The van der Waals surface area contributed by atoms with Gasteiger partial charge in [-0.05, 0) is 31.6 Å². The van der Waals surface area contributed by atoms with Gasteiger partial charge in [0.05, 0.1) is 8.07 Å². The van der Waals surface area contributed by atoms with Crippen molar-refractivity contribution in [2.75, 3.05) is 13.1 Å². The Hall–Kier alpha value is -0.903. The SMILES string of the molecule is C=C[Si](CCN)(CCCN)Cc1ccccc1. The Labute approximate surface area is 106 Å². The predicted octanol–water partition coefficient (Wildman–Crippen LogP) is 2.25. The van der Waals surface area contributed by atoms with Gasteiger partial charge in [0.15, 0.2) is 0 Å². The molecule has 94 valence electrons. The summed E-state index contributed by atoms with van der Waals surface area (Å²) in [5, 5.41) is 0. The van der Waals surface area contributed by atoms with E-state index in [4.69, 9.17) is 11.5 Å². The molecule has 0 amide bonds.